The molecule has 0 spiro atoms. The lowest BCUT2D eigenvalue weighted by atomic mass is 10.1. The molecule has 19 heavy (non-hydrogen) atoms. The summed E-state index contributed by atoms with van der Waals surface area (Å²) in [5.74, 6) is 0.882. The Hall–Kier alpha value is -1.74. The first kappa shape index (κ1) is 13.7. The Morgan fingerprint density at radius 3 is 2.42 bits per heavy atom. The zero-order chi connectivity index (χ0) is 13.7. The molecular weight excluding hydrogens is 238 g/mol. The lowest BCUT2D eigenvalue weighted by Gasteiger charge is -2.12. The summed E-state index contributed by atoms with van der Waals surface area (Å²) in [6.07, 6.45) is 0. The van der Waals surface area contributed by atoms with Crippen molar-refractivity contribution in [1.29, 1.82) is 0 Å². The molecule has 1 heterocycles. The molecule has 2 rings (SSSR count). The standard InChI is InChI=1S/C16H21NO2/c1-4-19-12-11-17-13(2)5-10-16(17)14-6-8-15(18-3)9-7-14/h5-10H,4,11-12H2,1-3H3. The molecule has 0 aliphatic carbocycles. The highest BCUT2D eigenvalue weighted by Gasteiger charge is 2.07. The normalized spacial score (nSPS) is 10.7. The Balaban J connectivity index is 2.23. The lowest BCUT2D eigenvalue weighted by Crippen LogP contribution is -2.08. The molecule has 0 N–H and O–H groups in total. The van der Waals surface area contributed by atoms with Gasteiger partial charge in [0.15, 0.2) is 0 Å². The second-order valence-corrected chi connectivity index (χ2v) is 4.44. The number of rotatable bonds is 6. The first-order chi connectivity index (χ1) is 9.26. The smallest absolute Gasteiger partial charge is 0.118 e. The van der Waals surface area contributed by atoms with Gasteiger partial charge >= 0.3 is 0 Å². The van der Waals surface area contributed by atoms with Crippen LogP contribution in [0, 0.1) is 6.92 Å². The minimum atomic E-state index is 0.745. The third kappa shape index (κ3) is 3.18. The largest absolute Gasteiger partial charge is 0.497 e. The first-order valence-electron chi connectivity index (χ1n) is 6.64. The van der Waals surface area contributed by atoms with E-state index in [9.17, 15) is 0 Å². The van der Waals surface area contributed by atoms with E-state index in [1.54, 1.807) is 7.11 Å². The maximum Gasteiger partial charge on any atom is 0.118 e. The van der Waals surface area contributed by atoms with Crippen molar-refractivity contribution in [3.05, 3.63) is 42.1 Å². The van der Waals surface area contributed by atoms with Crippen molar-refractivity contribution < 1.29 is 9.47 Å². The Bertz CT molecular complexity index is 514. The average Bonchev–Trinajstić information content (AvgIpc) is 2.81. The number of hydrogen-bond donors (Lipinski definition) is 0. The highest BCUT2D eigenvalue weighted by atomic mass is 16.5. The molecule has 3 heteroatoms. The van der Waals surface area contributed by atoms with Crippen LogP contribution in [-0.2, 0) is 11.3 Å². The van der Waals surface area contributed by atoms with E-state index in [0.29, 0.717) is 0 Å². The van der Waals surface area contributed by atoms with Crippen molar-refractivity contribution in [2.24, 2.45) is 0 Å². The van der Waals surface area contributed by atoms with E-state index >= 15 is 0 Å². The second kappa shape index (κ2) is 6.43. The Morgan fingerprint density at radius 2 is 1.79 bits per heavy atom. The fraction of sp³-hybridized carbons (Fsp3) is 0.375. The van der Waals surface area contributed by atoms with E-state index < -0.39 is 0 Å². The fourth-order valence-corrected chi connectivity index (χ4v) is 2.18. The van der Waals surface area contributed by atoms with Gasteiger partial charge in [0.25, 0.3) is 0 Å². The van der Waals surface area contributed by atoms with E-state index in [-0.39, 0.29) is 0 Å². The molecule has 0 atom stereocenters. The maximum atomic E-state index is 5.45. The number of nitrogens with zero attached hydrogens (tertiary/aromatic N) is 1. The molecule has 0 fully saturated rings. The molecule has 0 aliphatic heterocycles. The van der Waals surface area contributed by atoms with Crippen LogP contribution in [0.1, 0.15) is 12.6 Å². The van der Waals surface area contributed by atoms with Crippen LogP contribution < -0.4 is 4.74 Å². The van der Waals surface area contributed by atoms with E-state index in [0.717, 1.165) is 25.5 Å². The minimum absolute atomic E-state index is 0.745. The highest BCUT2D eigenvalue weighted by Crippen LogP contribution is 2.24. The van der Waals surface area contributed by atoms with Gasteiger partial charge in [0.2, 0.25) is 0 Å². The zero-order valence-corrected chi connectivity index (χ0v) is 11.8. The molecule has 2 aromatic rings. The number of aryl methyl sites for hydroxylation is 1. The Labute approximate surface area is 114 Å². The first-order valence-corrected chi connectivity index (χ1v) is 6.64. The summed E-state index contributed by atoms with van der Waals surface area (Å²) in [5, 5.41) is 0. The molecule has 3 nitrogen and oxygen atoms in total. The van der Waals surface area contributed by atoms with E-state index in [1.165, 1.54) is 17.0 Å². The molecule has 0 amide bonds. The Morgan fingerprint density at radius 1 is 1.05 bits per heavy atom. The SMILES string of the molecule is CCOCCn1c(C)ccc1-c1ccc(OC)cc1. The van der Waals surface area contributed by atoms with Crippen molar-refractivity contribution >= 4 is 0 Å². The summed E-state index contributed by atoms with van der Waals surface area (Å²) in [6, 6.07) is 12.5. The van der Waals surface area contributed by atoms with Gasteiger partial charge < -0.3 is 14.0 Å². The van der Waals surface area contributed by atoms with E-state index in [4.69, 9.17) is 9.47 Å². The topological polar surface area (TPSA) is 23.4 Å². The van der Waals surface area contributed by atoms with Crippen LogP contribution in [-0.4, -0.2) is 24.9 Å². The van der Waals surface area contributed by atoms with Gasteiger partial charge in [-0.15, -0.1) is 0 Å². The molecular formula is C16H21NO2. The van der Waals surface area contributed by atoms with Gasteiger partial charge in [-0.05, 0) is 55.8 Å². The molecule has 0 unspecified atom stereocenters. The minimum Gasteiger partial charge on any atom is -0.497 e. The fourth-order valence-electron chi connectivity index (χ4n) is 2.18. The average molecular weight is 259 g/mol. The highest BCUT2D eigenvalue weighted by molar-refractivity contribution is 5.61. The van der Waals surface area contributed by atoms with Gasteiger partial charge in [0.1, 0.15) is 5.75 Å². The van der Waals surface area contributed by atoms with Crippen LogP contribution in [0.4, 0.5) is 0 Å². The number of benzene rings is 1. The van der Waals surface area contributed by atoms with Gasteiger partial charge in [0.05, 0.1) is 13.7 Å². The molecule has 0 saturated carbocycles. The lowest BCUT2D eigenvalue weighted by molar-refractivity contribution is 0.139. The quantitative estimate of drug-likeness (QED) is 0.741. The molecule has 0 saturated heterocycles. The predicted octanol–water partition coefficient (Wildman–Crippen LogP) is 3.51. The zero-order valence-electron chi connectivity index (χ0n) is 11.8. The number of methoxy groups -OCH3 is 1. The third-order valence-electron chi connectivity index (χ3n) is 3.25. The van der Waals surface area contributed by atoms with Crippen molar-refractivity contribution in [3.63, 3.8) is 0 Å². The van der Waals surface area contributed by atoms with Crippen LogP contribution in [0.25, 0.3) is 11.3 Å². The van der Waals surface area contributed by atoms with Crippen molar-refractivity contribution in [2.75, 3.05) is 20.3 Å². The maximum absolute atomic E-state index is 5.45. The molecule has 102 valence electrons. The molecule has 0 aliphatic rings. The number of aromatic nitrogens is 1. The van der Waals surface area contributed by atoms with Gasteiger partial charge in [-0.25, -0.2) is 0 Å². The molecule has 0 bridgehead atoms. The monoisotopic (exact) mass is 259 g/mol. The summed E-state index contributed by atoms with van der Waals surface area (Å²) in [4.78, 5) is 0. The van der Waals surface area contributed by atoms with Gasteiger partial charge in [-0.2, -0.15) is 0 Å². The Kier molecular flexibility index (Phi) is 4.63. The van der Waals surface area contributed by atoms with E-state index in [2.05, 4.69) is 35.8 Å². The van der Waals surface area contributed by atoms with Gasteiger partial charge in [-0.3, -0.25) is 0 Å². The number of ether oxygens (including phenoxy) is 2. The van der Waals surface area contributed by atoms with Gasteiger partial charge in [0, 0.05) is 24.5 Å². The van der Waals surface area contributed by atoms with Crippen LogP contribution in [0.2, 0.25) is 0 Å². The predicted molar refractivity (Wildman–Crippen MR) is 77.7 cm³/mol. The summed E-state index contributed by atoms with van der Waals surface area (Å²) >= 11 is 0. The van der Waals surface area contributed by atoms with Crippen LogP contribution in [0.15, 0.2) is 36.4 Å². The second-order valence-electron chi connectivity index (χ2n) is 4.44. The molecule has 0 radical (unpaired) electrons. The summed E-state index contributed by atoms with van der Waals surface area (Å²) < 4.78 is 12.9. The summed E-state index contributed by atoms with van der Waals surface area (Å²) in [5.41, 5.74) is 3.68. The van der Waals surface area contributed by atoms with Crippen molar-refractivity contribution in [1.82, 2.24) is 4.57 Å². The van der Waals surface area contributed by atoms with Gasteiger partial charge in [-0.1, -0.05) is 0 Å². The van der Waals surface area contributed by atoms with E-state index in [1.807, 2.05) is 19.1 Å². The number of hydrogen-bond acceptors (Lipinski definition) is 2. The van der Waals surface area contributed by atoms with Crippen LogP contribution in [0.5, 0.6) is 5.75 Å². The summed E-state index contributed by atoms with van der Waals surface area (Å²) in [7, 11) is 1.68. The van der Waals surface area contributed by atoms with Crippen LogP contribution >= 0.6 is 0 Å². The van der Waals surface area contributed by atoms with Crippen molar-refractivity contribution in [3.8, 4) is 17.0 Å². The molecule has 1 aromatic carbocycles. The van der Waals surface area contributed by atoms with Crippen LogP contribution in [0.3, 0.4) is 0 Å². The summed E-state index contributed by atoms with van der Waals surface area (Å²) in [6.45, 7) is 6.53. The molecule has 1 aromatic heterocycles. The third-order valence-corrected chi connectivity index (χ3v) is 3.25. The van der Waals surface area contributed by atoms with Crippen molar-refractivity contribution in [2.45, 2.75) is 20.4 Å².